The minimum Gasteiger partial charge on any atom is -0.366 e. The minimum atomic E-state index is -0.589. The number of benzene rings is 1. The summed E-state index contributed by atoms with van der Waals surface area (Å²) >= 11 is 5.67. The van der Waals surface area contributed by atoms with Crippen molar-refractivity contribution in [3.63, 3.8) is 0 Å². The molecular weight excluding hydrogens is 278 g/mol. The third kappa shape index (κ3) is 3.55. The number of carbonyl (C=O) groups excluding carboxylic acids is 2. The number of pyridine rings is 1. The van der Waals surface area contributed by atoms with E-state index < -0.39 is 5.91 Å². The summed E-state index contributed by atoms with van der Waals surface area (Å²) in [7, 11) is 0. The number of aromatic nitrogens is 1. The van der Waals surface area contributed by atoms with Crippen LogP contribution >= 0.6 is 11.6 Å². The molecular formula is C14H12ClN3O2. The summed E-state index contributed by atoms with van der Waals surface area (Å²) in [6.07, 6.45) is 1.67. The topological polar surface area (TPSA) is 85.1 Å². The number of para-hydroxylation sites is 1. The predicted octanol–water partition coefficient (Wildman–Crippen LogP) is 2.02. The third-order valence-electron chi connectivity index (χ3n) is 2.62. The number of nitrogens with two attached hydrogens (primary N) is 1. The van der Waals surface area contributed by atoms with Gasteiger partial charge in [-0.05, 0) is 23.8 Å². The maximum atomic E-state index is 11.9. The predicted molar refractivity (Wildman–Crippen MR) is 76.5 cm³/mol. The smallest absolute Gasteiger partial charge is 0.250 e. The van der Waals surface area contributed by atoms with Crippen molar-refractivity contribution in [2.24, 2.45) is 5.73 Å². The highest BCUT2D eigenvalue weighted by Crippen LogP contribution is 2.15. The van der Waals surface area contributed by atoms with Crippen LogP contribution in [0.3, 0.4) is 0 Å². The van der Waals surface area contributed by atoms with Crippen LogP contribution in [0, 0.1) is 0 Å². The van der Waals surface area contributed by atoms with Gasteiger partial charge in [-0.2, -0.15) is 0 Å². The Bertz CT molecular complexity index is 641. The van der Waals surface area contributed by atoms with Crippen molar-refractivity contribution in [1.82, 2.24) is 4.98 Å². The second-order valence-corrected chi connectivity index (χ2v) is 4.51. The second kappa shape index (κ2) is 6.16. The number of anilines is 1. The van der Waals surface area contributed by atoms with Crippen LogP contribution in [0.2, 0.25) is 5.15 Å². The maximum absolute atomic E-state index is 11.9. The number of amides is 2. The molecule has 1 aromatic heterocycles. The lowest BCUT2D eigenvalue weighted by molar-refractivity contribution is -0.115. The lowest BCUT2D eigenvalue weighted by Gasteiger charge is -2.08. The Morgan fingerprint density at radius 1 is 1.20 bits per heavy atom. The Kier molecular flexibility index (Phi) is 4.32. The lowest BCUT2D eigenvalue weighted by Crippen LogP contribution is -2.19. The maximum Gasteiger partial charge on any atom is 0.250 e. The highest BCUT2D eigenvalue weighted by Gasteiger charge is 2.10. The largest absolute Gasteiger partial charge is 0.366 e. The number of rotatable bonds is 4. The fourth-order valence-corrected chi connectivity index (χ4v) is 1.81. The van der Waals surface area contributed by atoms with Gasteiger partial charge in [0.1, 0.15) is 5.15 Å². The highest BCUT2D eigenvalue weighted by molar-refractivity contribution is 6.29. The number of hydrogen-bond donors (Lipinski definition) is 2. The van der Waals surface area contributed by atoms with Crippen LogP contribution in [0.1, 0.15) is 15.9 Å². The van der Waals surface area contributed by atoms with Gasteiger partial charge in [0, 0.05) is 6.20 Å². The number of primary amides is 1. The molecule has 6 heteroatoms. The molecule has 0 aliphatic heterocycles. The monoisotopic (exact) mass is 289 g/mol. The molecule has 2 amide bonds. The Balaban J connectivity index is 2.08. The van der Waals surface area contributed by atoms with Crippen LogP contribution in [0.25, 0.3) is 0 Å². The summed E-state index contributed by atoms with van der Waals surface area (Å²) in [5, 5.41) is 3.02. The van der Waals surface area contributed by atoms with E-state index >= 15 is 0 Å². The summed E-state index contributed by atoms with van der Waals surface area (Å²) in [4.78, 5) is 27.1. The van der Waals surface area contributed by atoms with Gasteiger partial charge in [0.05, 0.1) is 17.7 Å². The normalized spacial score (nSPS) is 10.1. The average Bonchev–Trinajstić information content (AvgIpc) is 2.41. The SMILES string of the molecule is NC(=O)c1ccccc1NC(=O)Cc1ccc(Cl)nc1. The molecule has 1 heterocycles. The Labute approximate surface area is 120 Å². The minimum absolute atomic E-state index is 0.136. The second-order valence-electron chi connectivity index (χ2n) is 4.12. The zero-order chi connectivity index (χ0) is 14.5. The van der Waals surface area contributed by atoms with Gasteiger partial charge in [0.15, 0.2) is 0 Å². The van der Waals surface area contributed by atoms with E-state index in [0.717, 1.165) is 5.56 Å². The van der Waals surface area contributed by atoms with Gasteiger partial charge in [0.2, 0.25) is 5.91 Å². The van der Waals surface area contributed by atoms with Crippen LogP contribution < -0.4 is 11.1 Å². The molecule has 3 N–H and O–H groups in total. The number of hydrogen-bond acceptors (Lipinski definition) is 3. The van der Waals surface area contributed by atoms with Gasteiger partial charge in [-0.15, -0.1) is 0 Å². The zero-order valence-corrected chi connectivity index (χ0v) is 11.2. The molecule has 0 spiro atoms. The quantitative estimate of drug-likeness (QED) is 0.844. The molecule has 0 saturated heterocycles. The van der Waals surface area contributed by atoms with Gasteiger partial charge in [-0.3, -0.25) is 9.59 Å². The van der Waals surface area contributed by atoms with E-state index in [1.165, 1.54) is 6.20 Å². The Morgan fingerprint density at radius 2 is 1.95 bits per heavy atom. The van der Waals surface area contributed by atoms with Crippen LogP contribution in [0.5, 0.6) is 0 Å². The third-order valence-corrected chi connectivity index (χ3v) is 2.84. The summed E-state index contributed by atoms with van der Waals surface area (Å²) in [5.74, 6) is -0.850. The van der Waals surface area contributed by atoms with Crippen LogP contribution in [-0.4, -0.2) is 16.8 Å². The van der Waals surface area contributed by atoms with E-state index in [1.54, 1.807) is 36.4 Å². The van der Waals surface area contributed by atoms with E-state index in [1.807, 2.05) is 0 Å². The van der Waals surface area contributed by atoms with E-state index in [-0.39, 0.29) is 17.9 Å². The first-order chi connectivity index (χ1) is 9.56. The Morgan fingerprint density at radius 3 is 2.60 bits per heavy atom. The van der Waals surface area contributed by atoms with Crippen LogP contribution in [0.15, 0.2) is 42.6 Å². The number of halogens is 1. The standard InChI is InChI=1S/C14H12ClN3O2/c15-12-6-5-9(8-17-12)7-13(19)18-11-4-2-1-3-10(11)14(16)20/h1-6,8H,7H2,(H2,16,20)(H,18,19). The molecule has 20 heavy (non-hydrogen) atoms. The number of carbonyl (C=O) groups is 2. The lowest BCUT2D eigenvalue weighted by atomic mass is 10.1. The fourth-order valence-electron chi connectivity index (χ4n) is 1.70. The molecule has 1 aromatic carbocycles. The van der Waals surface area contributed by atoms with Gasteiger partial charge in [-0.25, -0.2) is 4.98 Å². The summed E-state index contributed by atoms with van der Waals surface area (Å²) in [6, 6.07) is 9.90. The fraction of sp³-hybridized carbons (Fsp3) is 0.0714. The van der Waals surface area contributed by atoms with Crippen molar-refractivity contribution in [3.8, 4) is 0 Å². The molecule has 2 rings (SSSR count). The van der Waals surface area contributed by atoms with E-state index in [9.17, 15) is 9.59 Å². The van der Waals surface area contributed by atoms with E-state index in [4.69, 9.17) is 17.3 Å². The van der Waals surface area contributed by atoms with Gasteiger partial charge >= 0.3 is 0 Å². The first-order valence-electron chi connectivity index (χ1n) is 5.85. The summed E-state index contributed by atoms with van der Waals surface area (Å²) in [6.45, 7) is 0. The van der Waals surface area contributed by atoms with Gasteiger partial charge in [-0.1, -0.05) is 29.8 Å². The molecule has 0 fully saturated rings. The molecule has 102 valence electrons. The van der Waals surface area contributed by atoms with Crippen molar-refractivity contribution in [1.29, 1.82) is 0 Å². The van der Waals surface area contributed by atoms with E-state index in [0.29, 0.717) is 10.8 Å². The molecule has 5 nitrogen and oxygen atoms in total. The molecule has 2 aromatic rings. The van der Waals surface area contributed by atoms with Crippen molar-refractivity contribution in [2.75, 3.05) is 5.32 Å². The number of nitrogens with zero attached hydrogens (tertiary/aromatic N) is 1. The molecule has 0 unspecified atom stereocenters. The van der Waals surface area contributed by atoms with Gasteiger partial charge in [0.25, 0.3) is 5.91 Å². The first-order valence-corrected chi connectivity index (χ1v) is 6.23. The van der Waals surface area contributed by atoms with Crippen molar-refractivity contribution in [2.45, 2.75) is 6.42 Å². The molecule has 0 saturated carbocycles. The van der Waals surface area contributed by atoms with Crippen molar-refractivity contribution < 1.29 is 9.59 Å². The molecule has 0 atom stereocenters. The molecule has 0 aliphatic carbocycles. The van der Waals surface area contributed by atoms with Crippen LogP contribution in [-0.2, 0) is 11.2 Å². The molecule has 0 bridgehead atoms. The van der Waals surface area contributed by atoms with E-state index in [2.05, 4.69) is 10.3 Å². The Hall–Kier alpha value is -2.40. The number of nitrogens with one attached hydrogen (secondary N) is 1. The summed E-state index contributed by atoms with van der Waals surface area (Å²) < 4.78 is 0. The van der Waals surface area contributed by atoms with Gasteiger partial charge < -0.3 is 11.1 Å². The molecule has 0 radical (unpaired) electrons. The highest BCUT2D eigenvalue weighted by atomic mass is 35.5. The first kappa shape index (κ1) is 14.0. The van der Waals surface area contributed by atoms with Crippen molar-refractivity contribution >= 4 is 29.1 Å². The zero-order valence-electron chi connectivity index (χ0n) is 10.5. The summed E-state index contributed by atoms with van der Waals surface area (Å²) in [5.41, 5.74) is 6.64. The van der Waals surface area contributed by atoms with Crippen molar-refractivity contribution in [3.05, 3.63) is 58.9 Å². The average molecular weight is 290 g/mol. The van der Waals surface area contributed by atoms with Crippen LogP contribution in [0.4, 0.5) is 5.69 Å². The molecule has 0 aliphatic rings.